The lowest BCUT2D eigenvalue weighted by Crippen LogP contribution is -2.10. The van der Waals surface area contributed by atoms with Gasteiger partial charge in [0.2, 0.25) is 0 Å². The molecule has 0 amide bonds. The van der Waals surface area contributed by atoms with Crippen molar-refractivity contribution < 1.29 is 0 Å². The van der Waals surface area contributed by atoms with Crippen molar-refractivity contribution in [3.05, 3.63) is 26.0 Å². The molecule has 0 aromatic carbocycles. The molecule has 0 saturated carbocycles. The van der Waals surface area contributed by atoms with E-state index in [1.807, 2.05) is 13.8 Å². The maximum absolute atomic E-state index is 8.40. The third-order valence-electron chi connectivity index (χ3n) is 2.08. The summed E-state index contributed by atoms with van der Waals surface area (Å²) in [5.74, 6) is 0. The van der Waals surface area contributed by atoms with Crippen molar-refractivity contribution in [1.29, 1.82) is 0 Å². The second-order valence-corrected chi connectivity index (χ2v) is 5.63. The van der Waals surface area contributed by atoms with Gasteiger partial charge < -0.3 is 0 Å². The van der Waals surface area contributed by atoms with E-state index in [1.54, 1.807) is 11.3 Å². The van der Waals surface area contributed by atoms with Crippen LogP contribution in [0.4, 0.5) is 0 Å². The van der Waals surface area contributed by atoms with Crippen molar-refractivity contribution in [2.45, 2.75) is 46.1 Å². The highest BCUT2D eigenvalue weighted by Crippen LogP contribution is 2.33. The van der Waals surface area contributed by atoms with Crippen molar-refractivity contribution in [3.63, 3.8) is 0 Å². The Kier molecular flexibility index (Phi) is 3.37. The first kappa shape index (κ1) is 12.0. The van der Waals surface area contributed by atoms with E-state index in [1.165, 1.54) is 0 Å². The molecular weight excluding hydrogens is 208 g/mol. The zero-order valence-corrected chi connectivity index (χ0v) is 10.6. The van der Waals surface area contributed by atoms with Crippen molar-refractivity contribution in [1.82, 2.24) is 4.98 Å². The average molecular weight is 224 g/mol. The van der Waals surface area contributed by atoms with Crippen LogP contribution >= 0.6 is 11.3 Å². The number of rotatable bonds is 2. The lowest BCUT2D eigenvalue weighted by atomic mass is 9.98. The lowest BCUT2D eigenvalue weighted by Gasteiger charge is -2.13. The summed E-state index contributed by atoms with van der Waals surface area (Å²) in [5.41, 5.74) is 9.43. The van der Waals surface area contributed by atoms with Crippen LogP contribution in [-0.2, 0) is 5.41 Å². The number of thiazole rings is 1. The summed E-state index contributed by atoms with van der Waals surface area (Å²) in [5, 5.41) is 4.79. The summed E-state index contributed by atoms with van der Waals surface area (Å²) in [7, 11) is 0. The van der Waals surface area contributed by atoms with E-state index in [0.717, 1.165) is 15.6 Å². The summed E-state index contributed by atoms with van der Waals surface area (Å²) in [6.07, 6.45) is 0. The highest BCUT2D eigenvalue weighted by Gasteiger charge is 2.21. The number of hydrogen-bond donors (Lipinski definition) is 0. The van der Waals surface area contributed by atoms with Crippen LogP contribution in [0, 0.1) is 6.92 Å². The predicted octanol–water partition coefficient (Wildman–Crippen LogP) is 4.12. The Hall–Kier alpha value is -1.06. The van der Waals surface area contributed by atoms with E-state index in [0.29, 0.717) is 0 Å². The van der Waals surface area contributed by atoms with Gasteiger partial charge in [-0.2, -0.15) is 0 Å². The molecule has 1 aromatic rings. The lowest BCUT2D eigenvalue weighted by molar-refractivity contribution is 0.584. The number of aryl methyl sites for hydroxylation is 1. The Bertz CT molecular complexity index is 396. The molecular formula is C10H16N4S. The van der Waals surface area contributed by atoms with Gasteiger partial charge in [-0.05, 0) is 12.5 Å². The molecule has 0 N–H and O–H groups in total. The number of azide groups is 1. The summed E-state index contributed by atoms with van der Waals surface area (Å²) >= 11 is 1.64. The van der Waals surface area contributed by atoms with Crippen LogP contribution < -0.4 is 0 Å². The second-order valence-electron chi connectivity index (χ2n) is 4.60. The van der Waals surface area contributed by atoms with E-state index in [-0.39, 0.29) is 11.5 Å². The molecule has 1 rings (SSSR count). The van der Waals surface area contributed by atoms with E-state index in [4.69, 9.17) is 5.53 Å². The van der Waals surface area contributed by atoms with Gasteiger partial charge in [0.15, 0.2) is 0 Å². The Labute approximate surface area is 94.0 Å². The summed E-state index contributed by atoms with van der Waals surface area (Å²) in [6.45, 7) is 10.3. The largest absolute Gasteiger partial charge is 0.246 e. The van der Waals surface area contributed by atoms with Crippen LogP contribution in [0.1, 0.15) is 49.3 Å². The van der Waals surface area contributed by atoms with E-state index < -0.39 is 0 Å². The van der Waals surface area contributed by atoms with Crippen molar-refractivity contribution in [2.24, 2.45) is 5.11 Å². The molecule has 0 bridgehead atoms. The first-order valence-corrected chi connectivity index (χ1v) is 5.70. The van der Waals surface area contributed by atoms with Gasteiger partial charge in [0.1, 0.15) is 0 Å². The summed E-state index contributed by atoms with van der Waals surface area (Å²) in [4.78, 5) is 8.42. The number of nitrogens with zero attached hydrogens (tertiary/aromatic N) is 4. The van der Waals surface area contributed by atoms with Crippen LogP contribution in [-0.4, -0.2) is 4.98 Å². The maximum Gasteiger partial charge on any atom is 0.0984 e. The third kappa shape index (κ3) is 2.70. The van der Waals surface area contributed by atoms with E-state index in [9.17, 15) is 0 Å². The van der Waals surface area contributed by atoms with Crippen LogP contribution in [0.25, 0.3) is 10.4 Å². The van der Waals surface area contributed by atoms with Gasteiger partial charge in [0.05, 0.1) is 16.7 Å². The average Bonchev–Trinajstić information content (AvgIpc) is 2.47. The molecule has 0 saturated heterocycles. The van der Waals surface area contributed by atoms with Crippen LogP contribution in [0.3, 0.4) is 0 Å². The molecule has 0 unspecified atom stereocenters. The first-order valence-electron chi connectivity index (χ1n) is 4.88. The van der Waals surface area contributed by atoms with Crippen LogP contribution in [0.5, 0.6) is 0 Å². The van der Waals surface area contributed by atoms with Gasteiger partial charge in [-0.25, -0.2) is 4.98 Å². The van der Waals surface area contributed by atoms with Gasteiger partial charge in [-0.1, -0.05) is 32.8 Å². The van der Waals surface area contributed by atoms with Crippen LogP contribution in [0.15, 0.2) is 5.11 Å². The zero-order chi connectivity index (χ0) is 11.6. The van der Waals surface area contributed by atoms with Gasteiger partial charge in [-0.3, -0.25) is 0 Å². The summed E-state index contributed by atoms with van der Waals surface area (Å²) in [6, 6.07) is -0.122. The Morgan fingerprint density at radius 1 is 1.47 bits per heavy atom. The minimum absolute atomic E-state index is 0.0593. The molecule has 1 aromatic heterocycles. The fourth-order valence-corrected chi connectivity index (χ4v) is 2.35. The third-order valence-corrected chi connectivity index (χ3v) is 3.83. The first-order chi connectivity index (χ1) is 6.86. The van der Waals surface area contributed by atoms with Crippen molar-refractivity contribution in [2.75, 3.05) is 0 Å². The minimum atomic E-state index is -0.122. The van der Waals surface area contributed by atoms with E-state index in [2.05, 4.69) is 35.8 Å². The van der Waals surface area contributed by atoms with Crippen LogP contribution in [0.2, 0.25) is 0 Å². The normalized spacial score (nSPS) is 13.4. The van der Waals surface area contributed by atoms with E-state index >= 15 is 0 Å². The number of aromatic nitrogens is 1. The fourth-order valence-electron chi connectivity index (χ4n) is 1.25. The molecule has 4 nitrogen and oxygen atoms in total. The number of hydrogen-bond acceptors (Lipinski definition) is 3. The Morgan fingerprint density at radius 2 is 2.07 bits per heavy atom. The standard InChI is InChI=1S/C10H16N4S/c1-6-8(7(2)13-14-11)15-9(12-6)10(3,4)5/h7H,1-5H3/t7-/m1/s1. The molecule has 0 aliphatic rings. The molecule has 82 valence electrons. The molecule has 0 aliphatic heterocycles. The SMILES string of the molecule is Cc1nc(C(C)(C)C)sc1[C@@H](C)N=[N+]=[N-]. The molecule has 0 radical (unpaired) electrons. The Morgan fingerprint density at radius 3 is 2.47 bits per heavy atom. The highest BCUT2D eigenvalue weighted by atomic mass is 32.1. The summed E-state index contributed by atoms with van der Waals surface area (Å²) < 4.78 is 0. The minimum Gasteiger partial charge on any atom is -0.246 e. The van der Waals surface area contributed by atoms with Crippen molar-refractivity contribution in [3.8, 4) is 0 Å². The fraction of sp³-hybridized carbons (Fsp3) is 0.700. The van der Waals surface area contributed by atoms with Gasteiger partial charge in [-0.15, -0.1) is 11.3 Å². The second kappa shape index (κ2) is 4.21. The molecule has 5 heteroatoms. The van der Waals surface area contributed by atoms with Gasteiger partial charge >= 0.3 is 0 Å². The highest BCUT2D eigenvalue weighted by molar-refractivity contribution is 7.12. The van der Waals surface area contributed by atoms with Gasteiger partial charge in [0, 0.05) is 15.2 Å². The monoisotopic (exact) mass is 224 g/mol. The molecule has 0 spiro atoms. The topological polar surface area (TPSA) is 61.7 Å². The Balaban J connectivity index is 3.12. The molecule has 1 atom stereocenters. The molecule has 0 aliphatic carbocycles. The molecule has 1 heterocycles. The van der Waals surface area contributed by atoms with Gasteiger partial charge in [0.25, 0.3) is 0 Å². The zero-order valence-electron chi connectivity index (χ0n) is 9.77. The smallest absolute Gasteiger partial charge is 0.0984 e. The predicted molar refractivity (Wildman–Crippen MR) is 63.1 cm³/mol. The van der Waals surface area contributed by atoms with Crippen molar-refractivity contribution >= 4 is 11.3 Å². The quantitative estimate of drug-likeness (QED) is 0.423. The maximum atomic E-state index is 8.40. The molecule has 0 fully saturated rings. The molecule has 15 heavy (non-hydrogen) atoms.